The van der Waals surface area contributed by atoms with E-state index in [0.29, 0.717) is 0 Å². The zero-order chi connectivity index (χ0) is 19.7. The summed E-state index contributed by atoms with van der Waals surface area (Å²) in [6, 6.07) is 0. The Morgan fingerprint density at radius 1 is 1.07 bits per heavy atom. The molecule has 28 heavy (non-hydrogen) atoms. The molecule has 5 rings (SSSR count). The van der Waals surface area contributed by atoms with E-state index >= 15 is 0 Å². The van der Waals surface area contributed by atoms with E-state index < -0.39 is 31.1 Å². The highest BCUT2D eigenvalue weighted by atomic mass is 16.6. The first-order valence-electron chi connectivity index (χ1n) is 8.18. The van der Waals surface area contributed by atoms with Crippen molar-refractivity contribution in [3.63, 3.8) is 0 Å². The fraction of sp³-hybridized carbons (Fsp3) is 0.333. The second-order valence-corrected chi connectivity index (χ2v) is 5.91. The highest BCUT2D eigenvalue weighted by Gasteiger charge is 2.44. The Kier molecular flexibility index (Phi) is 4.79. The standard InChI is InChI=1S/C10H12N4O5.C5H4N4/c15-1-4-6(16)7(17)10(19-4)14-3-13-5-8(14)11-2-12-9(5)18;1-4-5(8-2-6-1)9-3-7-4/h2-4,6-7,10,15-17H,1H2,(H,11,12,18);1-3H,(H,6,7,8,9)/t4-,6-,7-,10-;/m1./s1. The number of aromatic nitrogens is 8. The molecule has 13 heteroatoms. The summed E-state index contributed by atoms with van der Waals surface area (Å²) in [4.78, 5) is 26.0. The van der Waals surface area contributed by atoms with E-state index in [2.05, 4.69) is 34.9 Å². The quantitative estimate of drug-likeness (QED) is 0.269. The van der Waals surface area contributed by atoms with Gasteiger partial charge in [0.05, 0.1) is 25.5 Å². The summed E-state index contributed by atoms with van der Waals surface area (Å²) in [6.45, 7) is -0.415. The predicted molar refractivity (Wildman–Crippen MR) is 91.7 cm³/mol. The molecule has 0 radical (unpaired) electrons. The molecule has 1 saturated heterocycles. The first kappa shape index (κ1) is 18.1. The highest BCUT2D eigenvalue weighted by molar-refractivity contribution is 5.75. The van der Waals surface area contributed by atoms with Gasteiger partial charge in [0.1, 0.15) is 36.5 Å². The summed E-state index contributed by atoms with van der Waals surface area (Å²) >= 11 is 0. The van der Waals surface area contributed by atoms with Gasteiger partial charge in [-0.1, -0.05) is 0 Å². The van der Waals surface area contributed by atoms with E-state index in [1.165, 1.54) is 17.2 Å². The number of aliphatic hydroxyl groups is 3. The molecule has 146 valence electrons. The van der Waals surface area contributed by atoms with Crippen molar-refractivity contribution in [2.75, 3.05) is 6.61 Å². The Morgan fingerprint density at radius 2 is 1.93 bits per heavy atom. The molecule has 4 aromatic heterocycles. The molecule has 0 bridgehead atoms. The normalized spacial score (nSPS) is 24.4. The van der Waals surface area contributed by atoms with Crippen LogP contribution in [0.3, 0.4) is 0 Å². The highest BCUT2D eigenvalue weighted by Crippen LogP contribution is 2.32. The van der Waals surface area contributed by atoms with Crippen molar-refractivity contribution in [2.24, 2.45) is 0 Å². The topological polar surface area (TPSA) is 188 Å². The van der Waals surface area contributed by atoms with Gasteiger partial charge in [0.25, 0.3) is 0 Å². The lowest BCUT2D eigenvalue weighted by Crippen LogP contribution is -2.33. The minimum atomic E-state index is -1.23. The summed E-state index contributed by atoms with van der Waals surface area (Å²) in [6.07, 6.45) is 2.96. The zero-order valence-corrected chi connectivity index (χ0v) is 14.2. The van der Waals surface area contributed by atoms with Crippen molar-refractivity contribution in [2.45, 2.75) is 24.5 Å². The number of hydrogen-bond acceptors (Lipinski definition) is 11. The largest absolute Gasteiger partial charge is 0.492 e. The fourth-order valence-corrected chi connectivity index (χ4v) is 2.83. The van der Waals surface area contributed by atoms with Gasteiger partial charge in [0.15, 0.2) is 23.0 Å². The van der Waals surface area contributed by atoms with Crippen LogP contribution in [0.1, 0.15) is 6.23 Å². The lowest BCUT2D eigenvalue weighted by atomic mass is 10.1. The Bertz CT molecular complexity index is 1050. The van der Waals surface area contributed by atoms with Gasteiger partial charge in [-0.15, -0.1) is 0 Å². The number of aromatic hydroxyl groups is 1. The molecular weight excluding hydrogens is 372 g/mol. The van der Waals surface area contributed by atoms with Gasteiger partial charge < -0.3 is 30.1 Å². The molecule has 0 aliphatic carbocycles. The first-order valence-corrected chi connectivity index (χ1v) is 8.18. The molecule has 5 heterocycles. The average molecular weight is 388 g/mol. The fourth-order valence-electron chi connectivity index (χ4n) is 2.83. The monoisotopic (exact) mass is 388 g/mol. The average Bonchev–Trinajstić information content (AvgIpc) is 3.42. The van der Waals surface area contributed by atoms with Crippen molar-refractivity contribution in [1.82, 2.24) is 39.5 Å². The van der Waals surface area contributed by atoms with Gasteiger partial charge in [-0.2, -0.15) is 4.98 Å². The third-order valence-corrected chi connectivity index (χ3v) is 4.23. The summed E-state index contributed by atoms with van der Waals surface area (Å²) in [7, 11) is 0. The van der Waals surface area contributed by atoms with E-state index in [4.69, 9.17) is 9.84 Å². The molecule has 1 aliphatic rings. The SMILES string of the molecule is OC[C@H]1O[C@@H](n2cnc3c(O)ncnc32)[C@H](O)[C@@H]1O.c1ncc2nc[nH]c2n1. The van der Waals surface area contributed by atoms with Crippen LogP contribution in [0.25, 0.3) is 22.3 Å². The molecule has 0 saturated carbocycles. The van der Waals surface area contributed by atoms with E-state index in [-0.39, 0.29) is 17.0 Å². The van der Waals surface area contributed by atoms with Crippen molar-refractivity contribution < 1.29 is 25.2 Å². The molecule has 0 unspecified atom stereocenters. The number of aliphatic hydroxyl groups excluding tert-OH is 3. The van der Waals surface area contributed by atoms with E-state index in [1.54, 1.807) is 12.5 Å². The third kappa shape index (κ3) is 3.11. The molecule has 5 N–H and O–H groups in total. The predicted octanol–water partition coefficient (Wildman–Crippen LogP) is -1.50. The van der Waals surface area contributed by atoms with E-state index in [9.17, 15) is 15.3 Å². The lowest BCUT2D eigenvalue weighted by molar-refractivity contribution is -0.0511. The number of nitrogens with zero attached hydrogens (tertiary/aromatic N) is 7. The van der Waals surface area contributed by atoms with Crippen LogP contribution in [0.2, 0.25) is 0 Å². The van der Waals surface area contributed by atoms with Crippen LogP contribution in [-0.4, -0.2) is 84.8 Å². The maximum Gasteiger partial charge on any atom is 0.242 e. The number of ether oxygens (including phenoxy) is 1. The summed E-state index contributed by atoms with van der Waals surface area (Å²) in [5, 5.41) is 38.2. The van der Waals surface area contributed by atoms with Crippen LogP contribution in [0.5, 0.6) is 5.88 Å². The minimum Gasteiger partial charge on any atom is -0.492 e. The van der Waals surface area contributed by atoms with Gasteiger partial charge in [0.2, 0.25) is 5.88 Å². The van der Waals surface area contributed by atoms with Crippen molar-refractivity contribution in [3.8, 4) is 5.88 Å². The molecule has 4 aromatic rings. The summed E-state index contributed by atoms with van der Waals surface area (Å²) < 4.78 is 6.73. The maximum absolute atomic E-state index is 9.92. The van der Waals surface area contributed by atoms with Crippen LogP contribution in [0.15, 0.2) is 31.5 Å². The molecule has 0 aromatic carbocycles. The number of H-pyrrole nitrogens is 1. The first-order chi connectivity index (χ1) is 13.6. The van der Waals surface area contributed by atoms with Gasteiger partial charge in [-0.3, -0.25) is 4.57 Å². The Balaban J connectivity index is 0.000000177. The maximum atomic E-state index is 9.92. The Labute approximate surface area is 156 Å². The second-order valence-electron chi connectivity index (χ2n) is 5.91. The van der Waals surface area contributed by atoms with Gasteiger partial charge >= 0.3 is 0 Å². The number of aromatic amines is 1. The van der Waals surface area contributed by atoms with E-state index in [0.717, 1.165) is 17.5 Å². The van der Waals surface area contributed by atoms with Crippen LogP contribution >= 0.6 is 0 Å². The van der Waals surface area contributed by atoms with Gasteiger partial charge in [-0.25, -0.2) is 24.9 Å². The third-order valence-electron chi connectivity index (χ3n) is 4.23. The number of nitrogens with one attached hydrogen (secondary N) is 1. The lowest BCUT2D eigenvalue weighted by Gasteiger charge is -2.16. The van der Waals surface area contributed by atoms with Crippen LogP contribution < -0.4 is 0 Å². The zero-order valence-electron chi connectivity index (χ0n) is 14.2. The molecule has 4 atom stereocenters. The van der Waals surface area contributed by atoms with Crippen molar-refractivity contribution >= 4 is 22.3 Å². The van der Waals surface area contributed by atoms with Crippen molar-refractivity contribution in [3.05, 3.63) is 31.5 Å². The number of hydrogen-bond donors (Lipinski definition) is 5. The smallest absolute Gasteiger partial charge is 0.242 e. The Morgan fingerprint density at radius 3 is 2.68 bits per heavy atom. The Hall–Kier alpha value is -3.26. The number of rotatable bonds is 2. The molecule has 1 aliphatic heterocycles. The molecule has 13 nitrogen and oxygen atoms in total. The molecule has 0 amide bonds. The van der Waals surface area contributed by atoms with Gasteiger partial charge in [0, 0.05) is 0 Å². The molecule has 1 fully saturated rings. The van der Waals surface area contributed by atoms with Crippen LogP contribution in [-0.2, 0) is 4.74 Å². The van der Waals surface area contributed by atoms with Gasteiger partial charge in [-0.05, 0) is 0 Å². The van der Waals surface area contributed by atoms with E-state index in [1.807, 2.05) is 0 Å². The minimum absolute atomic E-state index is 0.167. The molecule has 0 spiro atoms. The van der Waals surface area contributed by atoms with Crippen molar-refractivity contribution in [1.29, 1.82) is 0 Å². The number of imidazole rings is 2. The molecular formula is C15H16N8O5. The van der Waals surface area contributed by atoms with Crippen LogP contribution in [0, 0.1) is 0 Å². The van der Waals surface area contributed by atoms with Crippen LogP contribution in [0.4, 0.5) is 0 Å². The summed E-state index contributed by atoms with van der Waals surface area (Å²) in [5.74, 6) is -0.282. The summed E-state index contributed by atoms with van der Waals surface area (Å²) in [5.41, 5.74) is 2.02. The number of fused-ring (bicyclic) bond motifs is 2. The second kappa shape index (κ2) is 7.40.